The Hall–Kier alpha value is -0.860. The molecule has 0 amide bonds. The second-order valence-electron chi connectivity index (χ2n) is 4.30. The maximum absolute atomic E-state index is 11.6. The minimum atomic E-state index is -0.170. The number of hydrogen-bond acceptors (Lipinski definition) is 3. The van der Waals surface area contributed by atoms with Gasteiger partial charge in [-0.2, -0.15) is 0 Å². The lowest BCUT2D eigenvalue weighted by Crippen LogP contribution is -2.25. The Labute approximate surface area is 91.2 Å². The summed E-state index contributed by atoms with van der Waals surface area (Å²) in [5.74, 6) is 0.114. The van der Waals surface area contributed by atoms with Gasteiger partial charge < -0.3 is 4.74 Å². The highest BCUT2D eigenvalue weighted by molar-refractivity contribution is 5.82. The molecule has 1 aliphatic carbocycles. The molecule has 0 bridgehead atoms. The van der Waals surface area contributed by atoms with Crippen molar-refractivity contribution < 1.29 is 14.3 Å². The van der Waals surface area contributed by atoms with Crippen LogP contribution in [0.15, 0.2) is 0 Å². The normalized spacial score (nSPS) is 23.6. The Balaban J connectivity index is 2.38. The van der Waals surface area contributed by atoms with Crippen LogP contribution in [0.5, 0.6) is 0 Å². The van der Waals surface area contributed by atoms with Crippen molar-refractivity contribution in [2.45, 2.75) is 46.0 Å². The maximum atomic E-state index is 11.6. The molecule has 0 aromatic carbocycles. The smallest absolute Gasteiger partial charge is 0.308 e. The number of carbonyl (C=O) groups is 2. The Morgan fingerprint density at radius 2 is 2.27 bits per heavy atom. The van der Waals surface area contributed by atoms with Crippen LogP contribution in [0.3, 0.4) is 0 Å². The quantitative estimate of drug-likeness (QED) is 0.672. The minimum Gasteiger partial charge on any atom is -0.466 e. The molecular formula is C12H20O3. The number of esters is 1. The molecule has 1 rings (SSSR count). The third-order valence-corrected chi connectivity index (χ3v) is 3.01. The lowest BCUT2D eigenvalue weighted by atomic mass is 9.82. The molecule has 0 N–H and O–H groups in total. The molecule has 0 spiro atoms. The Morgan fingerprint density at radius 1 is 1.53 bits per heavy atom. The van der Waals surface area contributed by atoms with Crippen LogP contribution < -0.4 is 0 Å². The average Bonchev–Trinajstić information content (AvgIpc) is 2.21. The molecule has 0 aromatic heterocycles. The number of ketones is 1. The molecule has 0 saturated heterocycles. The molecule has 0 radical (unpaired) electrons. The second kappa shape index (κ2) is 5.89. The summed E-state index contributed by atoms with van der Waals surface area (Å²) in [6.07, 6.45) is 4.44. The summed E-state index contributed by atoms with van der Waals surface area (Å²) >= 11 is 0. The Morgan fingerprint density at radius 3 is 2.87 bits per heavy atom. The highest BCUT2D eigenvalue weighted by Gasteiger charge is 2.26. The topological polar surface area (TPSA) is 43.4 Å². The van der Waals surface area contributed by atoms with Crippen molar-refractivity contribution in [1.29, 1.82) is 0 Å². The number of ether oxygens (including phenoxy) is 1. The van der Waals surface area contributed by atoms with E-state index in [2.05, 4.69) is 0 Å². The lowest BCUT2D eigenvalue weighted by molar-refractivity contribution is -0.148. The summed E-state index contributed by atoms with van der Waals surface area (Å²) in [5.41, 5.74) is 0. The van der Waals surface area contributed by atoms with Crippen molar-refractivity contribution in [3.63, 3.8) is 0 Å². The fourth-order valence-electron chi connectivity index (χ4n) is 2.11. The summed E-state index contributed by atoms with van der Waals surface area (Å²) in [6.45, 7) is 4.07. The van der Waals surface area contributed by atoms with E-state index in [4.69, 9.17) is 4.74 Å². The molecule has 1 aliphatic rings. The largest absolute Gasteiger partial charge is 0.466 e. The molecule has 3 heteroatoms. The van der Waals surface area contributed by atoms with Crippen LogP contribution >= 0.6 is 0 Å². The van der Waals surface area contributed by atoms with Gasteiger partial charge in [-0.3, -0.25) is 9.59 Å². The van der Waals surface area contributed by atoms with Crippen molar-refractivity contribution in [3.8, 4) is 0 Å². The van der Waals surface area contributed by atoms with Crippen molar-refractivity contribution in [2.75, 3.05) is 6.61 Å². The van der Waals surface area contributed by atoms with Crippen LogP contribution in [0.2, 0.25) is 0 Å². The van der Waals surface area contributed by atoms with Gasteiger partial charge in [0.25, 0.3) is 0 Å². The fourth-order valence-corrected chi connectivity index (χ4v) is 2.11. The first-order valence-corrected chi connectivity index (χ1v) is 5.84. The molecule has 2 atom stereocenters. The fraction of sp³-hybridized carbons (Fsp3) is 0.833. The van der Waals surface area contributed by atoms with Gasteiger partial charge in [0.05, 0.1) is 12.5 Å². The summed E-state index contributed by atoms with van der Waals surface area (Å²) in [7, 11) is 0. The number of hydrogen-bond donors (Lipinski definition) is 0. The van der Waals surface area contributed by atoms with Crippen LogP contribution in [0.4, 0.5) is 0 Å². The van der Waals surface area contributed by atoms with E-state index in [0.29, 0.717) is 25.2 Å². The lowest BCUT2D eigenvalue weighted by Gasteiger charge is -2.22. The molecule has 2 unspecified atom stereocenters. The predicted octanol–water partition coefficient (Wildman–Crippen LogP) is 2.33. The molecular weight excluding hydrogens is 192 g/mol. The van der Waals surface area contributed by atoms with Gasteiger partial charge in [0, 0.05) is 12.3 Å². The third-order valence-electron chi connectivity index (χ3n) is 3.01. The van der Waals surface area contributed by atoms with Crippen molar-refractivity contribution in [1.82, 2.24) is 0 Å². The number of carbonyl (C=O) groups excluding carboxylic acids is 2. The van der Waals surface area contributed by atoms with Gasteiger partial charge in [-0.1, -0.05) is 13.3 Å². The number of rotatable bonds is 4. The van der Waals surface area contributed by atoms with Gasteiger partial charge in [-0.25, -0.2) is 0 Å². The average molecular weight is 212 g/mol. The van der Waals surface area contributed by atoms with Crippen LogP contribution in [0.25, 0.3) is 0 Å². The molecule has 3 nitrogen and oxygen atoms in total. The molecule has 1 saturated carbocycles. The van der Waals surface area contributed by atoms with E-state index < -0.39 is 0 Å². The van der Waals surface area contributed by atoms with Gasteiger partial charge in [0.15, 0.2) is 0 Å². The van der Waals surface area contributed by atoms with Crippen LogP contribution in [0.1, 0.15) is 46.0 Å². The molecule has 0 aromatic rings. The van der Waals surface area contributed by atoms with Crippen molar-refractivity contribution >= 4 is 11.8 Å². The van der Waals surface area contributed by atoms with Crippen LogP contribution in [0, 0.1) is 11.8 Å². The molecule has 0 aliphatic heterocycles. The highest BCUT2D eigenvalue weighted by atomic mass is 16.5. The predicted molar refractivity (Wildman–Crippen MR) is 57.4 cm³/mol. The van der Waals surface area contributed by atoms with Gasteiger partial charge in [-0.15, -0.1) is 0 Å². The van der Waals surface area contributed by atoms with E-state index in [1.807, 2.05) is 6.92 Å². The first-order valence-electron chi connectivity index (χ1n) is 5.84. The van der Waals surface area contributed by atoms with E-state index in [9.17, 15) is 9.59 Å². The zero-order valence-corrected chi connectivity index (χ0v) is 9.62. The third kappa shape index (κ3) is 3.65. The standard InChI is InChI=1S/C12H20O3/c1-3-15-12(14)9(2)8-10-6-4-5-7-11(10)13/h9-10H,3-8H2,1-2H3. The van der Waals surface area contributed by atoms with Crippen LogP contribution in [-0.4, -0.2) is 18.4 Å². The Bertz CT molecular complexity index is 235. The first-order chi connectivity index (χ1) is 7.15. The Kier molecular flexibility index (Phi) is 4.79. The monoisotopic (exact) mass is 212 g/mol. The minimum absolute atomic E-state index is 0.0955. The summed E-state index contributed by atoms with van der Waals surface area (Å²) in [4.78, 5) is 22.9. The van der Waals surface area contributed by atoms with Gasteiger partial charge in [0.1, 0.15) is 5.78 Å². The highest BCUT2D eigenvalue weighted by Crippen LogP contribution is 2.26. The zero-order valence-electron chi connectivity index (χ0n) is 9.62. The van der Waals surface area contributed by atoms with E-state index >= 15 is 0 Å². The van der Waals surface area contributed by atoms with Crippen molar-refractivity contribution in [3.05, 3.63) is 0 Å². The molecule has 86 valence electrons. The second-order valence-corrected chi connectivity index (χ2v) is 4.30. The van der Waals surface area contributed by atoms with E-state index in [1.165, 1.54) is 0 Å². The maximum Gasteiger partial charge on any atom is 0.308 e. The summed E-state index contributed by atoms with van der Waals surface area (Å²) in [5, 5.41) is 0. The summed E-state index contributed by atoms with van der Waals surface area (Å²) < 4.78 is 4.93. The van der Waals surface area contributed by atoms with E-state index in [0.717, 1.165) is 19.3 Å². The summed E-state index contributed by atoms with van der Waals surface area (Å²) in [6, 6.07) is 0. The van der Waals surface area contributed by atoms with E-state index in [1.54, 1.807) is 6.92 Å². The number of Topliss-reactive ketones (excluding diaryl/α,β-unsaturated/α-hetero) is 1. The van der Waals surface area contributed by atoms with E-state index in [-0.39, 0.29) is 17.8 Å². The van der Waals surface area contributed by atoms with Gasteiger partial charge in [0.2, 0.25) is 0 Å². The molecule has 15 heavy (non-hydrogen) atoms. The molecule has 0 heterocycles. The zero-order chi connectivity index (χ0) is 11.3. The molecule has 1 fully saturated rings. The SMILES string of the molecule is CCOC(=O)C(C)CC1CCCCC1=O. The van der Waals surface area contributed by atoms with Crippen LogP contribution in [-0.2, 0) is 14.3 Å². The van der Waals surface area contributed by atoms with Crippen molar-refractivity contribution in [2.24, 2.45) is 11.8 Å². The van der Waals surface area contributed by atoms with Gasteiger partial charge >= 0.3 is 5.97 Å². The first kappa shape index (κ1) is 12.2. The van der Waals surface area contributed by atoms with Gasteiger partial charge in [-0.05, 0) is 26.2 Å².